The Labute approximate surface area is 365 Å². The number of ketones is 1. The fourth-order valence-corrected chi connectivity index (χ4v) is 9.56. The minimum absolute atomic E-state index is 0.0637. The van der Waals surface area contributed by atoms with E-state index in [4.69, 9.17) is 28.2 Å². The molecule has 1 heterocycles. The van der Waals surface area contributed by atoms with E-state index in [1.54, 1.807) is 83.1 Å². The summed E-state index contributed by atoms with van der Waals surface area (Å²) in [4.78, 5) is 68.9. The molecule has 2 aromatic rings. The number of hydrogen-bond acceptors (Lipinski definition) is 16. The van der Waals surface area contributed by atoms with Gasteiger partial charge in [-0.15, -0.1) is 0 Å². The number of amides is 1. The average Bonchev–Trinajstić information content (AvgIpc) is 3.17. The lowest BCUT2D eigenvalue weighted by Crippen LogP contribution is -2.81. The number of carbonyl (C=O) groups is 5. The van der Waals surface area contributed by atoms with Crippen molar-refractivity contribution in [2.24, 2.45) is 16.7 Å². The highest BCUT2D eigenvalue weighted by Gasteiger charge is 2.78. The van der Waals surface area contributed by atoms with Crippen LogP contribution in [0.5, 0.6) is 0 Å². The maximum atomic E-state index is 14.9. The zero-order valence-electron chi connectivity index (χ0n) is 36.6. The molecule has 0 radical (unpaired) electrons. The molecule has 6 rings (SSSR count). The van der Waals surface area contributed by atoms with Gasteiger partial charge in [0.05, 0.1) is 41.9 Å². The largest absolute Gasteiger partial charge is 0.456 e. The third-order valence-corrected chi connectivity index (χ3v) is 12.6. The van der Waals surface area contributed by atoms with Crippen molar-refractivity contribution >= 4 is 39.9 Å². The van der Waals surface area contributed by atoms with Gasteiger partial charge in [-0.25, -0.2) is 14.4 Å². The summed E-state index contributed by atoms with van der Waals surface area (Å²) in [6.45, 7) is 11.8. The number of nitrogens with one attached hydrogen (secondary N) is 1. The molecule has 6 N–H and O–H groups in total. The Bertz CT molecular complexity index is 2220. The number of aliphatic hydroxyl groups excluding tert-OH is 3. The first-order valence-electron chi connectivity index (χ1n) is 20.3. The molecule has 2 saturated carbocycles. The molecule has 18 nitrogen and oxygen atoms in total. The van der Waals surface area contributed by atoms with Crippen LogP contribution >= 0.6 is 0 Å². The van der Waals surface area contributed by atoms with Gasteiger partial charge in [-0.3, -0.25) is 14.1 Å². The van der Waals surface area contributed by atoms with Crippen LogP contribution in [-0.4, -0.2) is 129 Å². The monoisotopic (exact) mass is 903 g/mol. The number of fused-ring (bicyclic) bond motifs is 5. The van der Waals surface area contributed by atoms with E-state index >= 15 is 0 Å². The molecular weight excluding hydrogens is 847 g/mol. The van der Waals surface area contributed by atoms with Crippen LogP contribution in [0.1, 0.15) is 90.2 Å². The van der Waals surface area contributed by atoms with E-state index < -0.39 is 123 Å². The Morgan fingerprint density at radius 3 is 2.02 bits per heavy atom. The molecule has 19 heteroatoms. The van der Waals surface area contributed by atoms with E-state index in [1.807, 2.05) is 0 Å². The molecule has 4 aliphatic rings. The minimum atomic E-state index is -3.67. The van der Waals surface area contributed by atoms with Crippen molar-refractivity contribution in [2.75, 3.05) is 12.9 Å². The summed E-state index contributed by atoms with van der Waals surface area (Å²) in [7, 11) is -3.67. The Kier molecular flexibility index (Phi) is 13.8. The van der Waals surface area contributed by atoms with Gasteiger partial charge >= 0.3 is 24.0 Å². The minimum Gasteiger partial charge on any atom is -0.456 e. The normalized spacial score (nSPS) is 31.9. The SMILES string of the molecule is CC(=O)O[C@@]12CO[C@@H]1C[C@H](O)[C@@]1(C)C(=O)[C@H](O)C3=C(C)[C@@H](OC(=O)[C@H](O)[C@@H](NC(=O)OC(C)(C)C)c4ccccc4)C[C@@](O)([C@@H](OC(=O)c4ccccc4)[C@H]21)C3(C)C.CS(=O)(=O)O. The highest BCUT2D eigenvalue weighted by atomic mass is 32.2. The Hall–Kier alpha value is -4.76. The van der Waals surface area contributed by atoms with Gasteiger partial charge in [0.1, 0.15) is 35.6 Å². The van der Waals surface area contributed by atoms with Crippen molar-refractivity contribution in [3.05, 3.63) is 82.9 Å². The van der Waals surface area contributed by atoms with Crippen LogP contribution in [0.4, 0.5) is 4.79 Å². The number of aliphatic hydroxyl groups is 4. The smallest absolute Gasteiger partial charge is 0.408 e. The van der Waals surface area contributed by atoms with Gasteiger partial charge in [0.25, 0.3) is 10.1 Å². The summed E-state index contributed by atoms with van der Waals surface area (Å²) in [6.07, 6.45) is -10.8. The summed E-state index contributed by atoms with van der Waals surface area (Å²) < 4.78 is 55.4. The lowest BCUT2D eigenvalue weighted by Gasteiger charge is -2.67. The van der Waals surface area contributed by atoms with Crippen molar-refractivity contribution < 1.29 is 81.1 Å². The number of alkyl carbamates (subject to hydrolysis) is 1. The summed E-state index contributed by atoms with van der Waals surface area (Å²) in [5, 5.41) is 51.6. The van der Waals surface area contributed by atoms with Crippen molar-refractivity contribution in [3.8, 4) is 0 Å². The quantitative estimate of drug-likeness (QED) is 0.0962. The second-order valence-electron chi connectivity index (χ2n) is 18.3. The Morgan fingerprint density at radius 2 is 1.51 bits per heavy atom. The maximum absolute atomic E-state index is 14.9. The standard InChI is InChI=1S/C43H53NO14.CH4O3S/c1-22-26(55-37(51)32(48)30(24-15-11-9-12-16-24)44-38(52)58-39(3,4)5)20-43(53)35(56-36(50)25-17-13-10-14-18-25)33-41(8,34(49)31(47)29(22)40(43,6)7)27(46)19-28-42(33,21-54-28)57-23(2)45;1-5(2,3)4/h9-18,26-28,30-33,35,46-48,53H,19-21H2,1-8H3,(H,44,52);1H3,(H,2,3,4)/t26-,27-,28+,30-,31+,32+,33-,35-,41+,42-,43+;/m0./s1. The molecule has 63 heavy (non-hydrogen) atoms. The average molecular weight is 904 g/mol. The van der Waals surface area contributed by atoms with Crippen molar-refractivity contribution in [2.45, 2.75) is 128 Å². The third kappa shape index (κ3) is 9.55. The summed E-state index contributed by atoms with van der Waals surface area (Å²) in [6, 6.07) is 14.6. The zero-order valence-corrected chi connectivity index (χ0v) is 37.4. The molecule has 1 aliphatic heterocycles. The summed E-state index contributed by atoms with van der Waals surface area (Å²) in [5.41, 5.74) is -8.14. The second-order valence-corrected chi connectivity index (χ2v) is 19.8. The van der Waals surface area contributed by atoms with Crippen LogP contribution in [0.3, 0.4) is 0 Å². The molecule has 3 aliphatic carbocycles. The highest BCUT2D eigenvalue weighted by Crippen LogP contribution is 2.64. The van der Waals surface area contributed by atoms with Gasteiger partial charge in [0.15, 0.2) is 17.5 Å². The molecule has 346 valence electrons. The molecule has 1 amide bonds. The molecule has 0 unspecified atom stereocenters. The molecule has 2 bridgehead atoms. The van der Waals surface area contributed by atoms with E-state index in [2.05, 4.69) is 5.32 Å². The predicted molar refractivity (Wildman–Crippen MR) is 221 cm³/mol. The highest BCUT2D eigenvalue weighted by molar-refractivity contribution is 7.85. The number of Topliss-reactive ketones (excluding diaryl/α,β-unsaturated/α-hetero) is 1. The van der Waals surface area contributed by atoms with Crippen LogP contribution < -0.4 is 5.32 Å². The second kappa shape index (κ2) is 17.7. The number of benzene rings is 2. The van der Waals surface area contributed by atoms with Gasteiger partial charge < -0.3 is 49.4 Å². The summed E-state index contributed by atoms with van der Waals surface area (Å²) in [5.74, 6) is -5.36. The van der Waals surface area contributed by atoms with Crippen LogP contribution in [0.25, 0.3) is 0 Å². The molecule has 1 saturated heterocycles. The van der Waals surface area contributed by atoms with Crippen molar-refractivity contribution in [3.63, 3.8) is 0 Å². The van der Waals surface area contributed by atoms with Crippen LogP contribution in [0.2, 0.25) is 0 Å². The number of esters is 3. The van der Waals surface area contributed by atoms with Gasteiger partial charge in [-0.1, -0.05) is 62.4 Å². The number of carbonyl (C=O) groups excluding carboxylic acids is 5. The number of ether oxygens (including phenoxy) is 5. The van der Waals surface area contributed by atoms with E-state index in [1.165, 1.54) is 26.0 Å². The first-order valence-corrected chi connectivity index (χ1v) is 22.1. The lowest BCUT2D eigenvalue weighted by molar-refractivity contribution is -0.346. The lowest BCUT2D eigenvalue weighted by atomic mass is 9.44. The maximum Gasteiger partial charge on any atom is 0.408 e. The molecule has 0 aromatic heterocycles. The van der Waals surface area contributed by atoms with E-state index in [0.717, 1.165) is 6.92 Å². The topological polar surface area (TPSA) is 279 Å². The van der Waals surface area contributed by atoms with E-state index in [0.29, 0.717) is 11.8 Å². The molecular formula is C44H57NO17S. The first kappa shape index (κ1) is 49.3. The van der Waals surface area contributed by atoms with Crippen molar-refractivity contribution in [1.29, 1.82) is 0 Å². The van der Waals surface area contributed by atoms with Gasteiger partial charge in [-0.2, -0.15) is 8.42 Å². The first-order chi connectivity index (χ1) is 29.0. The van der Waals surface area contributed by atoms with Gasteiger partial charge in [0.2, 0.25) is 0 Å². The third-order valence-electron chi connectivity index (χ3n) is 12.6. The van der Waals surface area contributed by atoms with Crippen LogP contribution in [0, 0.1) is 16.7 Å². The predicted octanol–water partition coefficient (Wildman–Crippen LogP) is 2.76. The molecule has 11 atom stereocenters. The fraction of sp³-hybridized carbons (Fsp3) is 0.568. The van der Waals surface area contributed by atoms with E-state index in [-0.39, 0.29) is 29.7 Å². The Balaban J connectivity index is 0.00000141. The Morgan fingerprint density at radius 1 is 0.952 bits per heavy atom. The van der Waals surface area contributed by atoms with Crippen LogP contribution in [0.15, 0.2) is 71.8 Å². The molecule has 2 aromatic carbocycles. The zero-order chi connectivity index (χ0) is 47.2. The summed E-state index contributed by atoms with van der Waals surface area (Å²) >= 11 is 0. The molecule has 3 fully saturated rings. The molecule has 0 spiro atoms. The van der Waals surface area contributed by atoms with Gasteiger partial charge in [0, 0.05) is 25.2 Å². The van der Waals surface area contributed by atoms with E-state index in [9.17, 15) is 52.8 Å². The fourth-order valence-electron chi connectivity index (χ4n) is 9.56. The van der Waals surface area contributed by atoms with Crippen molar-refractivity contribution in [1.82, 2.24) is 5.32 Å². The van der Waals surface area contributed by atoms with Gasteiger partial charge in [-0.05, 0) is 63.5 Å². The number of hydrogen-bond donors (Lipinski definition) is 6. The van der Waals surface area contributed by atoms with Crippen LogP contribution in [-0.2, 0) is 48.2 Å². The number of rotatable bonds is 8.